The smallest absolute Gasteiger partial charge is 0.254 e. The van der Waals surface area contributed by atoms with Crippen LogP contribution >= 0.6 is 36.4 Å². The summed E-state index contributed by atoms with van der Waals surface area (Å²) in [6.45, 7) is 4.05. The molecule has 1 aliphatic rings. The molecule has 1 saturated heterocycles. The number of hydrogen-bond acceptors (Lipinski definition) is 3. The lowest BCUT2D eigenvalue weighted by molar-refractivity contribution is 0.0628. The van der Waals surface area contributed by atoms with E-state index in [4.69, 9.17) is 17.3 Å². The summed E-state index contributed by atoms with van der Waals surface area (Å²) in [5, 5.41) is 0.762. The molecule has 0 saturated carbocycles. The first-order valence-corrected chi connectivity index (χ1v) is 8.11. The van der Waals surface area contributed by atoms with Crippen molar-refractivity contribution >= 4 is 48.0 Å². The van der Waals surface area contributed by atoms with Crippen molar-refractivity contribution in [2.75, 3.05) is 31.9 Å². The molecule has 2 aromatic carbocycles. The third-order valence-corrected chi connectivity index (χ3v) is 4.32. The Labute approximate surface area is 165 Å². The zero-order chi connectivity index (χ0) is 16.2. The van der Waals surface area contributed by atoms with Gasteiger partial charge in [-0.1, -0.05) is 29.8 Å². The molecule has 3 rings (SSSR count). The van der Waals surface area contributed by atoms with Gasteiger partial charge in [-0.3, -0.25) is 9.69 Å². The van der Waals surface area contributed by atoms with E-state index in [1.807, 2.05) is 35.2 Å². The maximum Gasteiger partial charge on any atom is 0.254 e. The number of piperazine rings is 1. The lowest BCUT2D eigenvalue weighted by atomic mass is 10.1. The number of nitrogen functional groups attached to an aromatic ring is 1. The van der Waals surface area contributed by atoms with E-state index in [1.54, 1.807) is 12.1 Å². The van der Waals surface area contributed by atoms with Crippen LogP contribution in [0.5, 0.6) is 0 Å². The van der Waals surface area contributed by atoms with Crippen LogP contribution in [-0.2, 0) is 6.54 Å². The molecule has 1 fully saturated rings. The third-order valence-electron chi connectivity index (χ3n) is 4.09. The number of hydrogen-bond donors (Lipinski definition) is 1. The summed E-state index contributed by atoms with van der Waals surface area (Å²) in [5.41, 5.74) is 8.24. The number of benzene rings is 2. The molecule has 136 valence electrons. The van der Waals surface area contributed by atoms with Crippen LogP contribution in [0.1, 0.15) is 15.9 Å². The summed E-state index contributed by atoms with van der Waals surface area (Å²) in [6, 6.07) is 15.1. The topological polar surface area (TPSA) is 49.6 Å². The average Bonchev–Trinajstić information content (AvgIpc) is 2.55. The maximum atomic E-state index is 12.5. The van der Waals surface area contributed by atoms with E-state index in [1.165, 1.54) is 5.56 Å². The van der Waals surface area contributed by atoms with Crippen molar-refractivity contribution in [2.24, 2.45) is 0 Å². The molecular formula is C18H22Cl3N3O. The molecule has 1 aliphatic heterocycles. The third kappa shape index (κ3) is 5.79. The number of amides is 1. The Morgan fingerprint density at radius 2 is 1.68 bits per heavy atom. The van der Waals surface area contributed by atoms with E-state index in [9.17, 15) is 4.79 Å². The molecule has 0 atom stereocenters. The van der Waals surface area contributed by atoms with Gasteiger partial charge in [0.1, 0.15) is 0 Å². The van der Waals surface area contributed by atoms with E-state index in [0.717, 1.165) is 37.7 Å². The molecule has 0 radical (unpaired) electrons. The van der Waals surface area contributed by atoms with E-state index >= 15 is 0 Å². The molecule has 1 amide bonds. The van der Waals surface area contributed by atoms with Crippen molar-refractivity contribution in [2.45, 2.75) is 6.54 Å². The number of anilines is 1. The van der Waals surface area contributed by atoms with Crippen LogP contribution in [0.15, 0.2) is 48.5 Å². The molecule has 0 spiro atoms. The van der Waals surface area contributed by atoms with Crippen molar-refractivity contribution in [1.82, 2.24) is 9.80 Å². The Balaban J connectivity index is 0.00000156. The van der Waals surface area contributed by atoms with Gasteiger partial charge in [-0.05, 0) is 35.9 Å². The van der Waals surface area contributed by atoms with Crippen LogP contribution in [0.3, 0.4) is 0 Å². The summed E-state index contributed by atoms with van der Waals surface area (Å²) in [6.07, 6.45) is 0. The van der Waals surface area contributed by atoms with Crippen molar-refractivity contribution < 1.29 is 4.79 Å². The number of carbonyl (C=O) groups is 1. The van der Waals surface area contributed by atoms with Gasteiger partial charge in [0.05, 0.1) is 0 Å². The molecular weight excluding hydrogens is 381 g/mol. The van der Waals surface area contributed by atoms with Gasteiger partial charge >= 0.3 is 0 Å². The Bertz CT molecular complexity index is 703. The zero-order valence-electron chi connectivity index (χ0n) is 13.7. The number of halogens is 3. The van der Waals surface area contributed by atoms with Crippen LogP contribution < -0.4 is 5.73 Å². The van der Waals surface area contributed by atoms with Gasteiger partial charge in [-0.15, -0.1) is 24.8 Å². The summed E-state index contributed by atoms with van der Waals surface area (Å²) in [4.78, 5) is 16.7. The molecule has 0 aliphatic carbocycles. The monoisotopic (exact) mass is 401 g/mol. The second-order valence-corrected chi connectivity index (χ2v) is 6.26. The highest BCUT2D eigenvalue weighted by atomic mass is 35.5. The van der Waals surface area contributed by atoms with Crippen LogP contribution in [-0.4, -0.2) is 41.9 Å². The summed E-state index contributed by atoms with van der Waals surface area (Å²) >= 11 is 6.03. The molecule has 0 bridgehead atoms. The highest BCUT2D eigenvalue weighted by Crippen LogP contribution is 2.15. The Hall–Kier alpha value is -1.46. The summed E-state index contributed by atoms with van der Waals surface area (Å²) < 4.78 is 0. The minimum Gasteiger partial charge on any atom is -0.399 e. The Morgan fingerprint density at radius 3 is 2.32 bits per heavy atom. The van der Waals surface area contributed by atoms with Crippen molar-refractivity contribution in [1.29, 1.82) is 0 Å². The van der Waals surface area contributed by atoms with E-state index in [0.29, 0.717) is 11.3 Å². The van der Waals surface area contributed by atoms with Gasteiger partial charge < -0.3 is 10.6 Å². The van der Waals surface area contributed by atoms with Crippen molar-refractivity contribution in [3.63, 3.8) is 0 Å². The molecule has 0 unspecified atom stereocenters. The predicted molar refractivity (Wildman–Crippen MR) is 108 cm³/mol. The van der Waals surface area contributed by atoms with E-state index in [2.05, 4.69) is 11.0 Å². The Kier molecular flexibility index (Phi) is 8.53. The molecule has 2 N–H and O–H groups in total. The van der Waals surface area contributed by atoms with Gasteiger partial charge in [-0.2, -0.15) is 0 Å². The minimum atomic E-state index is 0. The lowest BCUT2D eigenvalue weighted by Gasteiger charge is -2.34. The summed E-state index contributed by atoms with van der Waals surface area (Å²) in [5.74, 6) is 0.0553. The molecule has 2 aromatic rings. The highest BCUT2D eigenvalue weighted by Gasteiger charge is 2.22. The van der Waals surface area contributed by atoms with Gasteiger partial charge in [0, 0.05) is 49.0 Å². The normalized spacial score (nSPS) is 14.4. The molecule has 1 heterocycles. The van der Waals surface area contributed by atoms with Gasteiger partial charge in [0.15, 0.2) is 0 Å². The standard InChI is InChI=1S/C18H20ClN3O.2ClH/c19-16-5-1-3-14(11-16)13-21-7-9-22(10-8-21)18(23)15-4-2-6-17(20)12-15;;/h1-6,11-12H,7-10,13,20H2;2*1H. The van der Waals surface area contributed by atoms with Crippen molar-refractivity contribution in [3.8, 4) is 0 Å². The number of nitrogens with two attached hydrogens (primary N) is 1. The van der Waals surface area contributed by atoms with Crippen molar-refractivity contribution in [3.05, 3.63) is 64.7 Å². The van der Waals surface area contributed by atoms with Gasteiger partial charge in [0.25, 0.3) is 5.91 Å². The first-order chi connectivity index (χ1) is 11.1. The minimum absolute atomic E-state index is 0. The van der Waals surface area contributed by atoms with Gasteiger partial charge in [-0.25, -0.2) is 0 Å². The lowest BCUT2D eigenvalue weighted by Crippen LogP contribution is -2.48. The van der Waals surface area contributed by atoms with Crippen LogP contribution in [0.4, 0.5) is 5.69 Å². The molecule has 25 heavy (non-hydrogen) atoms. The predicted octanol–water partition coefficient (Wildman–Crippen LogP) is 3.72. The van der Waals surface area contributed by atoms with Crippen LogP contribution in [0.2, 0.25) is 5.02 Å². The molecule has 0 aromatic heterocycles. The SMILES string of the molecule is Cl.Cl.Nc1cccc(C(=O)N2CCN(Cc3cccc(Cl)c3)CC2)c1. The van der Waals surface area contributed by atoms with E-state index in [-0.39, 0.29) is 30.7 Å². The number of carbonyl (C=O) groups excluding carboxylic acids is 1. The fourth-order valence-electron chi connectivity index (χ4n) is 2.86. The quantitative estimate of drug-likeness (QED) is 0.796. The summed E-state index contributed by atoms with van der Waals surface area (Å²) in [7, 11) is 0. The second-order valence-electron chi connectivity index (χ2n) is 5.82. The number of rotatable bonds is 3. The second kappa shape index (κ2) is 9.88. The number of nitrogens with zero attached hydrogens (tertiary/aromatic N) is 2. The van der Waals surface area contributed by atoms with E-state index < -0.39 is 0 Å². The largest absolute Gasteiger partial charge is 0.399 e. The molecule has 4 nitrogen and oxygen atoms in total. The Morgan fingerprint density at radius 1 is 1.00 bits per heavy atom. The first-order valence-electron chi connectivity index (χ1n) is 7.73. The average molecular weight is 403 g/mol. The fourth-order valence-corrected chi connectivity index (χ4v) is 3.07. The highest BCUT2D eigenvalue weighted by molar-refractivity contribution is 6.30. The maximum absolute atomic E-state index is 12.5. The van der Waals surface area contributed by atoms with Crippen LogP contribution in [0.25, 0.3) is 0 Å². The first kappa shape index (κ1) is 21.6. The van der Waals surface area contributed by atoms with Crippen LogP contribution in [0, 0.1) is 0 Å². The zero-order valence-corrected chi connectivity index (χ0v) is 16.1. The van der Waals surface area contributed by atoms with Gasteiger partial charge in [0.2, 0.25) is 0 Å². The fraction of sp³-hybridized carbons (Fsp3) is 0.278. The molecule has 7 heteroatoms.